The summed E-state index contributed by atoms with van der Waals surface area (Å²) >= 11 is 6.06. The molecule has 5 heteroatoms. The monoisotopic (exact) mass is 303 g/mol. The Balaban J connectivity index is 2.26. The van der Waals surface area contributed by atoms with Gasteiger partial charge >= 0.3 is 6.18 Å². The Morgan fingerprint density at radius 2 is 1.75 bits per heavy atom. The first kappa shape index (κ1) is 15.2. The molecule has 1 N–H and O–H groups in total. The molecule has 3 unspecified atom stereocenters. The van der Waals surface area contributed by atoms with Crippen molar-refractivity contribution in [3.8, 4) is 0 Å². The van der Waals surface area contributed by atoms with Gasteiger partial charge in [-0.1, -0.05) is 37.6 Å². The number of hydrogen-bond acceptors (Lipinski definition) is 1. The van der Waals surface area contributed by atoms with Gasteiger partial charge in [-0.25, -0.2) is 0 Å². The molecule has 0 saturated carbocycles. The molecular weight excluding hydrogens is 287 g/mol. The van der Waals surface area contributed by atoms with Crippen molar-refractivity contribution in [2.75, 3.05) is 0 Å². The van der Waals surface area contributed by atoms with Gasteiger partial charge in [0.25, 0.3) is 0 Å². The van der Waals surface area contributed by atoms with Gasteiger partial charge in [0, 0.05) is 11.2 Å². The topological polar surface area (TPSA) is 12.0 Å². The Bertz CT molecular complexity index is 526. The van der Waals surface area contributed by atoms with Crippen LogP contribution in [0.25, 0.3) is 0 Å². The minimum atomic E-state index is -4.38. The molecular formula is C15H17ClF3N. The van der Waals surface area contributed by atoms with Crippen molar-refractivity contribution in [1.29, 1.82) is 0 Å². The van der Waals surface area contributed by atoms with Crippen LogP contribution in [0.1, 0.15) is 20.8 Å². The molecule has 3 atom stereocenters. The van der Waals surface area contributed by atoms with Crippen LogP contribution >= 0.6 is 11.6 Å². The van der Waals surface area contributed by atoms with Crippen molar-refractivity contribution >= 4 is 11.6 Å². The van der Waals surface area contributed by atoms with Gasteiger partial charge in [-0.2, -0.15) is 13.2 Å². The molecule has 0 fully saturated rings. The summed E-state index contributed by atoms with van der Waals surface area (Å²) in [7, 11) is 0. The zero-order valence-corrected chi connectivity index (χ0v) is 12.3. The summed E-state index contributed by atoms with van der Waals surface area (Å²) in [4.78, 5) is 0. The van der Waals surface area contributed by atoms with Gasteiger partial charge in [0.1, 0.15) is 0 Å². The Labute approximate surface area is 121 Å². The van der Waals surface area contributed by atoms with E-state index in [9.17, 15) is 13.2 Å². The first-order valence-corrected chi connectivity index (χ1v) is 6.89. The molecule has 2 rings (SSSR count). The van der Waals surface area contributed by atoms with E-state index in [1.54, 1.807) is 0 Å². The van der Waals surface area contributed by atoms with Crippen molar-refractivity contribution in [3.05, 3.63) is 46.2 Å². The second-order valence-corrected chi connectivity index (χ2v) is 5.85. The molecule has 2 aliphatic rings. The molecule has 1 nitrogen and oxygen atoms in total. The van der Waals surface area contributed by atoms with Crippen molar-refractivity contribution in [3.63, 3.8) is 0 Å². The SMILES string of the molecule is CC1=CC(C)C(C)C=C1C1NC=C(C(F)(F)F)C=C1Cl. The Morgan fingerprint density at radius 1 is 1.15 bits per heavy atom. The van der Waals surface area contributed by atoms with E-state index in [0.717, 1.165) is 23.4 Å². The third kappa shape index (κ3) is 2.95. The van der Waals surface area contributed by atoms with Gasteiger partial charge in [-0.15, -0.1) is 0 Å². The van der Waals surface area contributed by atoms with Crippen LogP contribution in [0.2, 0.25) is 0 Å². The highest BCUT2D eigenvalue weighted by Crippen LogP contribution is 2.36. The fourth-order valence-electron chi connectivity index (χ4n) is 2.46. The number of alkyl halides is 3. The molecule has 1 heterocycles. The van der Waals surface area contributed by atoms with Gasteiger partial charge in [0.2, 0.25) is 0 Å². The van der Waals surface area contributed by atoms with Crippen molar-refractivity contribution < 1.29 is 13.2 Å². The minimum Gasteiger partial charge on any atom is -0.379 e. The lowest BCUT2D eigenvalue weighted by Crippen LogP contribution is -2.34. The molecule has 20 heavy (non-hydrogen) atoms. The largest absolute Gasteiger partial charge is 0.417 e. The average molecular weight is 304 g/mol. The van der Waals surface area contributed by atoms with Gasteiger partial charge in [-0.05, 0) is 36.0 Å². The molecule has 0 aromatic rings. The summed E-state index contributed by atoms with van der Waals surface area (Å²) in [6.45, 7) is 6.17. The van der Waals surface area contributed by atoms with E-state index in [1.165, 1.54) is 0 Å². The molecule has 110 valence electrons. The Kier molecular flexibility index (Phi) is 4.05. The molecule has 0 aromatic heterocycles. The number of hydrogen-bond donors (Lipinski definition) is 1. The van der Waals surface area contributed by atoms with Crippen LogP contribution in [0.4, 0.5) is 13.2 Å². The first-order chi connectivity index (χ1) is 9.20. The van der Waals surface area contributed by atoms with Gasteiger partial charge in [0.15, 0.2) is 0 Å². The van der Waals surface area contributed by atoms with Crippen LogP contribution in [-0.2, 0) is 0 Å². The van der Waals surface area contributed by atoms with E-state index in [0.29, 0.717) is 11.8 Å². The minimum absolute atomic E-state index is 0.167. The fraction of sp³-hybridized carbons (Fsp3) is 0.467. The molecule has 0 bridgehead atoms. The summed E-state index contributed by atoms with van der Waals surface area (Å²) in [6, 6.07) is -0.394. The summed E-state index contributed by atoms with van der Waals surface area (Å²) < 4.78 is 37.9. The number of rotatable bonds is 1. The first-order valence-electron chi connectivity index (χ1n) is 6.51. The van der Waals surface area contributed by atoms with Crippen molar-refractivity contribution in [2.24, 2.45) is 11.8 Å². The molecule has 0 radical (unpaired) electrons. The van der Waals surface area contributed by atoms with E-state index >= 15 is 0 Å². The predicted molar refractivity (Wildman–Crippen MR) is 75.2 cm³/mol. The molecule has 0 saturated heterocycles. The Hall–Kier alpha value is -1.16. The summed E-state index contributed by atoms with van der Waals surface area (Å²) in [5.74, 6) is 0.763. The third-order valence-corrected chi connectivity index (χ3v) is 4.18. The van der Waals surface area contributed by atoms with Crippen LogP contribution < -0.4 is 5.32 Å². The summed E-state index contributed by atoms with van der Waals surface area (Å²) in [5, 5.41) is 2.94. The quantitative estimate of drug-likeness (QED) is 0.741. The standard InChI is InChI=1S/C15H17ClF3N/c1-8-4-10(3)12(5-9(8)2)14-13(16)6-11(7-20-14)15(17,18)19/h4-9,14,20H,1-3H3. The van der Waals surface area contributed by atoms with E-state index in [1.807, 2.05) is 6.92 Å². The normalized spacial score (nSPS) is 30.9. The van der Waals surface area contributed by atoms with Crippen LogP contribution in [0, 0.1) is 11.8 Å². The molecule has 1 aliphatic carbocycles. The third-order valence-electron chi connectivity index (χ3n) is 3.85. The lowest BCUT2D eigenvalue weighted by atomic mass is 9.81. The lowest BCUT2D eigenvalue weighted by molar-refractivity contribution is -0.0888. The number of halogens is 4. The zero-order valence-electron chi connectivity index (χ0n) is 11.6. The highest BCUT2D eigenvalue weighted by atomic mass is 35.5. The van der Waals surface area contributed by atoms with Crippen LogP contribution in [0.3, 0.4) is 0 Å². The molecule has 0 amide bonds. The number of dihydropyridines is 1. The van der Waals surface area contributed by atoms with Crippen molar-refractivity contribution in [2.45, 2.75) is 33.0 Å². The zero-order chi connectivity index (χ0) is 15.1. The Morgan fingerprint density at radius 3 is 2.30 bits per heavy atom. The van der Waals surface area contributed by atoms with Gasteiger partial charge in [0.05, 0.1) is 11.6 Å². The molecule has 0 spiro atoms. The van der Waals surface area contributed by atoms with Gasteiger partial charge < -0.3 is 5.32 Å². The number of nitrogens with one attached hydrogen (secondary N) is 1. The number of allylic oxidation sites excluding steroid dienone is 4. The van der Waals surface area contributed by atoms with E-state index in [4.69, 9.17) is 11.6 Å². The second kappa shape index (κ2) is 5.32. The van der Waals surface area contributed by atoms with Crippen LogP contribution in [0.15, 0.2) is 46.2 Å². The highest BCUT2D eigenvalue weighted by Gasteiger charge is 2.36. The second-order valence-electron chi connectivity index (χ2n) is 5.42. The van der Waals surface area contributed by atoms with Gasteiger partial charge in [-0.3, -0.25) is 0 Å². The smallest absolute Gasteiger partial charge is 0.379 e. The highest BCUT2D eigenvalue weighted by molar-refractivity contribution is 6.31. The van der Waals surface area contributed by atoms with E-state index in [2.05, 4.69) is 31.3 Å². The molecule has 0 aromatic carbocycles. The predicted octanol–water partition coefficient (Wildman–Crippen LogP) is 4.69. The maximum absolute atomic E-state index is 12.6. The molecule has 1 aliphatic heterocycles. The fourth-order valence-corrected chi connectivity index (χ4v) is 2.76. The van der Waals surface area contributed by atoms with Crippen molar-refractivity contribution in [1.82, 2.24) is 5.32 Å². The van der Waals surface area contributed by atoms with Crippen LogP contribution in [-0.4, -0.2) is 12.2 Å². The van der Waals surface area contributed by atoms with E-state index in [-0.39, 0.29) is 5.03 Å². The maximum atomic E-state index is 12.6. The lowest BCUT2D eigenvalue weighted by Gasteiger charge is -2.30. The summed E-state index contributed by atoms with van der Waals surface area (Å²) in [5.41, 5.74) is 1.26. The van der Waals surface area contributed by atoms with E-state index < -0.39 is 17.8 Å². The maximum Gasteiger partial charge on any atom is 0.417 e. The average Bonchev–Trinajstić information content (AvgIpc) is 2.33. The van der Waals surface area contributed by atoms with Crippen LogP contribution in [0.5, 0.6) is 0 Å². The summed E-state index contributed by atoms with van der Waals surface area (Å²) in [6.07, 6.45) is 1.83.